The molecule has 2 aromatic rings. The fraction of sp³-hybridized carbons (Fsp3) is 0.0909. The van der Waals surface area contributed by atoms with E-state index in [2.05, 4.69) is 20.9 Å². The van der Waals surface area contributed by atoms with Crippen LogP contribution >= 0.6 is 27.7 Å². The third kappa shape index (κ3) is 2.89. The minimum atomic E-state index is -1.07. The molecule has 0 aliphatic heterocycles. The Kier molecular flexibility index (Phi) is 3.54. The van der Waals surface area contributed by atoms with Gasteiger partial charge in [-0.25, -0.2) is 9.78 Å². The van der Waals surface area contributed by atoms with Gasteiger partial charge in [0.25, 0.3) is 0 Å². The summed E-state index contributed by atoms with van der Waals surface area (Å²) in [7, 11) is 0. The monoisotopic (exact) mass is 313 g/mol. The zero-order valence-corrected chi connectivity index (χ0v) is 11.2. The maximum absolute atomic E-state index is 10.6. The molecule has 2 heterocycles. The van der Waals surface area contributed by atoms with Crippen molar-refractivity contribution >= 4 is 33.7 Å². The Morgan fingerprint density at radius 1 is 1.41 bits per heavy atom. The summed E-state index contributed by atoms with van der Waals surface area (Å²) in [5.74, 6) is -1.14. The standard InChI is InChI=1S/C11H8BrNO3S/c1-6-7(12)2-4-9(13-6)17-10-5-3-8(16-10)11(14)15/h2-5H,1H3,(H,14,15). The second-order valence-electron chi connectivity index (χ2n) is 3.24. The lowest BCUT2D eigenvalue weighted by atomic mass is 10.4. The van der Waals surface area contributed by atoms with Crippen molar-refractivity contribution in [2.45, 2.75) is 17.0 Å². The normalized spacial score (nSPS) is 10.5. The van der Waals surface area contributed by atoms with Crippen molar-refractivity contribution < 1.29 is 14.3 Å². The largest absolute Gasteiger partial charge is 0.475 e. The SMILES string of the molecule is Cc1nc(Sc2ccc(C(=O)O)o2)ccc1Br. The Hall–Kier alpha value is -1.27. The van der Waals surface area contributed by atoms with Crippen LogP contribution in [0.5, 0.6) is 0 Å². The highest BCUT2D eigenvalue weighted by Gasteiger charge is 2.10. The van der Waals surface area contributed by atoms with E-state index in [4.69, 9.17) is 9.52 Å². The van der Waals surface area contributed by atoms with Crippen molar-refractivity contribution in [1.82, 2.24) is 4.98 Å². The fourth-order valence-electron chi connectivity index (χ4n) is 1.17. The maximum atomic E-state index is 10.6. The third-order valence-electron chi connectivity index (χ3n) is 1.99. The van der Waals surface area contributed by atoms with Gasteiger partial charge in [0, 0.05) is 4.47 Å². The average molecular weight is 314 g/mol. The van der Waals surface area contributed by atoms with Gasteiger partial charge in [-0.05, 0) is 58.9 Å². The van der Waals surface area contributed by atoms with E-state index >= 15 is 0 Å². The summed E-state index contributed by atoms with van der Waals surface area (Å²) >= 11 is 4.65. The molecule has 17 heavy (non-hydrogen) atoms. The summed E-state index contributed by atoms with van der Waals surface area (Å²) in [6.45, 7) is 1.89. The smallest absolute Gasteiger partial charge is 0.371 e. The van der Waals surface area contributed by atoms with Gasteiger partial charge in [-0.1, -0.05) is 0 Å². The molecule has 0 bridgehead atoms. The Balaban J connectivity index is 2.19. The van der Waals surface area contributed by atoms with Crippen LogP contribution in [0, 0.1) is 6.92 Å². The lowest BCUT2D eigenvalue weighted by molar-refractivity contribution is 0.0656. The van der Waals surface area contributed by atoms with Gasteiger partial charge in [-0.15, -0.1) is 0 Å². The first-order chi connectivity index (χ1) is 8.06. The van der Waals surface area contributed by atoms with E-state index in [0.29, 0.717) is 5.09 Å². The molecule has 0 unspecified atom stereocenters. The van der Waals surface area contributed by atoms with Crippen LogP contribution in [-0.4, -0.2) is 16.1 Å². The van der Waals surface area contributed by atoms with E-state index in [-0.39, 0.29) is 5.76 Å². The highest BCUT2D eigenvalue weighted by atomic mass is 79.9. The molecule has 2 rings (SSSR count). The molecule has 0 atom stereocenters. The van der Waals surface area contributed by atoms with Crippen molar-refractivity contribution in [3.8, 4) is 0 Å². The molecule has 6 heteroatoms. The Labute approximate surface area is 110 Å². The molecule has 0 saturated carbocycles. The van der Waals surface area contributed by atoms with Gasteiger partial charge in [0.05, 0.1) is 5.69 Å². The number of nitrogens with zero attached hydrogens (tertiary/aromatic N) is 1. The molecule has 0 fully saturated rings. The van der Waals surface area contributed by atoms with Crippen LogP contribution in [0.2, 0.25) is 0 Å². The molecule has 0 amide bonds. The molecule has 0 aromatic carbocycles. The molecule has 0 saturated heterocycles. The van der Waals surface area contributed by atoms with Crippen molar-refractivity contribution in [1.29, 1.82) is 0 Å². The van der Waals surface area contributed by atoms with E-state index in [1.54, 1.807) is 6.07 Å². The fourth-order valence-corrected chi connectivity index (χ4v) is 2.18. The van der Waals surface area contributed by atoms with Crippen molar-refractivity contribution in [3.05, 3.63) is 40.2 Å². The molecule has 4 nitrogen and oxygen atoms in total. The number of aryl methyl sites for hydroxylation is 1. The van der Waals surface area contributed by atoms with Crippen molar-refractivity contribution in [2.75, 3.05) is 0 Å². The van der Waals surface area contributed by atoms with Gasteiger partial charge in [0.15, 0.2) is 5.09 Å². The van der Waals surface area contributed by atoms with Crippen LogP contribution < -0.4 is 0 Å². The van der Waals surface area contributed by atoms with Crippen molar-refractivity contribution in [2.24, 2.45) is 0 Å². The van der Waals surface area contributed by atoms with Crippen molar-refractivity contribution in [3.63, 3.8) is 0 Å². The van der Waals surface area contributed by atoms with Crippen LogP contribution in [0.15, 0.2) is 43.3 Å². The van der Waals surface area contributed by atoms with Crippen LogP contribution in [0.1, 0.15) is 16.2 Å². The Morgan fingerprint density at radius 2 is 2.18 bits per heavy atom. The van der Waals surface area contributed by atoms with Gasteiger partial charge >= 0.3 is 5.97 Å². The molecule has 88 valence electrons. The number of aromatic carboxylic acids is 1. The van der Waals surface area contributed by atoms with E-state index in [0.717, 1.165) is 15.2 Å². The summed E-state index contributed by atoms with van der Waals surface area (Å²) in [4.78, 5) is 15.0. The molecular formula is C11H8BrNO3S. The number of rotatable bonds is 3. The quantitative estimate of drug-likeness (QED) is 0.938. The first-order valence-electron chi connectivity index (χ1n) is 4.70. The van der Waals surface area contributed by atoms with Gasteiger partial charge < -0.3 is 9.52 Å². The second-order valence-corrected chi connectivity index (χ2v) is 5.12. The molecular weight excluding hydrogens is 306 g/mol. The number of carbonyl (C=O) groups is 1. The summed E-state index contributed by atoms with van der Waals surface area (Å²) < 4.78 is 6.07. The molecule has 2 aromatic heterocycles. The number of carboxylic acids is 1. The molecule has 1 N–H and O–H groups in total. The molecule has 0 spiro atoms. The number of hydrogen-bond acceptors (Lipinski definition) is 4. The minimum Gasteiger partial charge on any atom is -0.475 e. The summed E-state index contributed by atoms with van der Waals surface area (Å²) in [5.41, 5.74) is 0.875. The number of hydrogen-bond donors (Lipinski definition) is 1. The minimum absolute atomic E-state index is 0.0682. The first-order valence-corrected chi connectivity index (χ1v) is 6.31. The predicted octanol–water partition coefficient (Wildman–Crippen LogP) is 3.59. The number of carboxylic acid groups (broad SMARTS) is 1. The van der Waals surface area contributed by atoms with Gasteiger partial charge in [0.2, 0.25) is 5.76 Å². The van der Waals surface area contributed by atoms with Gasteiger partial charge in [-0.2, -0.15) is 0 Å². The summed E-state index contributed by atoms with van der Waals surface area (Å²) in [6.07, 6.45) is 0. The highest BCUT2D eigenvalue weighted by molar-refractivity contribution is 9.10. The Bertz CT molecular complexity index is 568. The molecule has 0 aliphatic rings. The van der Waals surface area contributed by atoms with Crippen LogP contribution in [0.3, 0.4) is 0 Å². The van der Waals surface area contributed by atoms with E-state index in [1.165, 1.54) is 17.8 Å². The highest BCUT2D eigenvalue weighted by Crippen LogP contribution is 2.29. The number of furan rings is 1. The number of pyridine rings is 1. The van der Waals surface area contributed by atoms with E-state index in [9.17, 15) is 4.79 Å². The second kappa shape index (κ2) is 4.93. The average Bonchev–Trinajstić information content (AvgIpc) is 2.72. The molecule has 0 radical (unpaired) electrons. The van der Waals surface area contributed by atoms with E-state index in [1.807, 2.05) is 19.1 Å². The van der Waals surface area contributed by atoms with E-state index < -0.39 is 5.97 Å². The lowest BCUT2D eigenvalue weighted by Gasteiger charge is -2.00. The number of halogens is 1. The summed E-state index contributed by atoms with van der Waals surface area (Å²) in [6, 6.07) is 6.78. The van der Waals surface area contributed by atoms with Crippen LogP contribution in [0.4, 0.5) is 0 Å². The molecule has 0 aliphatic carbocycles. The zero-order valence-electron chi connectivity index (χ0n) is 8.81. The van der Waals surface area contributed by atoms with Crippen LogP contribution in [0.25, 0.3) is 0 Å². The van der Waals surface area contributed by atoms with Gasteiger partial charge in [0.1, 0.15) is 5.03 Å². The zero-order chi connectivity index (χ0) is 12.4. The topological polar surface area (TPSA) is 63.3 Å². The lowest BCUT2D eigenvalue weighted by Crippen LogP contribution is -1.91. The summed E-state index contributed by atoms with van der Waals surface area (Å²) in [5, 5.41) is 9.99. The predicted molar refractivity (Wildman–Crippen MR) is 66.5 cm³/mol. The van der Waals surface area contributed by atoms with Gasteiger partial charge in [-0.3, -0.25) is 0 Å². The van der Waals surface area contributed by atoms with Crippen LogP contribution in [-0.2, 0) is 0 Å². The maximum Gasteiger partial charge on any atom is 0.371 e. The third-order valence-corrected chi connectivity index (χ3v) is 3.69. The number of aromatic nitrogens is 1. The first kappa shape index (κ1) is 12.2. The Morgan fingerprint density at radius 3 is 2.76 bits per heavy atom.